The molecule has 0 fully saturated rings. The van der Waals surface area contributed by atoms with E-state index in [1.54, 1.807) is 7.05 Å². The second-order valence-corrected chi connectivity index (χ2v) is 2.05. The molecule has 0 bridgehead atoms. The SMILES string of the molecule is CNC(=O)CONC(=S)NC. The number of carbonyl (C=O) groups is 1. The van der Waals surface area contributed by atoms with Gasteiger partial charge in [-0.2, -0.15) is 0 Å². The van der Waals surface area contributed by atoms with Gasteiger partial charge in [0.15, 0.2) is 11.7 Å². The highest BCUT2D eigenvalue weighted by Gasteiger charge is 1.96. The molecule has 3 N–H and O–H groups in total. The van der Waals surface area contributed by atoms with Crippen molar-refractivity contribution in [2.45, 2.75) is 0 Å². The first-order valence-corrected chi connectivity index (χ1v) is 3.41. The zero-order valence-corrected chi connectivity index (χ0v) is 7.25. The molecule has 64 valence electrons. The second-order valence-electron chi connectivity index (χ2n) is 1.64. The van der Waals surface area contributed by atoms with Crippen LogP contribution in [0.2, 0.25) is 0 Å². The van der Waals surface area contributed by atoms with Gasteiger partial charge in [-0.25, -0.2) is 5.48 Å². The molecule has 0 atom stereocenters. The zero-order chi connectivity index (χ0) is 8.69. The monoisotopic (exact) mass is 177 g/mol. The van der Waals surface area contributed by atoms with Gasteiger partial charge in [-0.05, 0) is 12.2 Å². The van der Waals surface area contributed by atoms with Crippen LogP contribution in [0.15, 0.2) is 0 Å². The quantitative estimate of drug-likeness (QED) is 0.372. The van der Waals surface area contributed by atoms with Crippen molar-refractivity contribution in [3.8, 4) is 0 Å². The van der Waals surface area contributed by atoms with Gasteiger partial charge in [-0.15, -0.1) is 0 Å². The van der Waals surface area contributed by atoms with E-state index in [0.717, 1.165) is 0 Å². The maximum atomic E-state index is 10.5. The first-order valence-electron chi connectivity index (χ1n) is 3.00. The summed E-state index contributed by atoms with van der Waals surface area (Å²) in [5.74, 6) is -0.212. The van der Waals surface area contributed by atoms with Crippen molar-refractivity contribution in [1.82, 2.24) is 16.1 Å². The third-order valence-corrected chi connectivity index (χ3v) is 1.16. The standard InChI is InChI=1S/C5H11N3O2S/c1-6-4(9)3-10-8-5(11)7-2/h3H2,1-2H3,(H,6,9)(H2,7,8,11). The fourth-order valence-corrected chi connectivity index (χ4v) is 0.349. The number of hydrogen-bond donors (Lipinski definition) is 3. The normalized spacial score (nSPS) is 8.55. The molecule has 11 heavy (non-hydrogen) atoms. The van der Waals surface area contributed by atoms with E-state index in [1.807, 2.05) is 0 Å². The summed E-state index contributed by atoms with van der Waals surface area (Å²) in [7, 11) is 3.18. The van der Waals surface area contributed by atoms with E-state index in [9.17, 15) is 4.79 Å². The van der Waals surface area contributed by atoms with E-state index in [0.29, 0.717) is 5.11 Å². The lowest BCUT2D eigenvalue weighted by molar-refractivity contribution is -0.126. The van der Waals surface area contributed by atoms with E-state index in [4.69, 9.17) is 0 Å². The molecule has 0 aliphatic carbocycles. The zero-order valence-electron chi connectivity index (χ0n) is 6.43. The first-order chi connectivity index (χ1) is 5.20. The van der Waals surface area contributed by atoms with Crippen molar-refractivity contribution in [3.63, 3.8) is 0 Å². The Hall–Kier alpha value is -0.880. The van der Waals surface area contributed by atoms with Gasteiger partial charge in [0, 0.05) is 14.1 Å². The largest absolute Gasteiger partial charge is 0.364 e. The molecule has 0 unspecified atom stereocenters. The van der Waals surface area contributed by atoms with Gasteiger partial charge in [-0.1, -0.05) is 0 Å². The predicted molar refractivity (Wildman–Crippen MR) is 44.8 cm³/mol. The van der Waals surface area contributed by atoms with Crippen molar-refractivity contribution >= 4 is 23.2 Å². The molecule has 0 aromatic carbocycles. The van der Waals surface area contributed by atoms with Crippen LogP contribution in [0, 0.1) is 0 Å². The van der Waals surface area contributed by atoms with Crippen molar-refractivity contribution in [2.75, 3.05) is 20.7 Å². The molecule has 0 aromatic heterocycles. The summed E-state index contributed by atoms with van der Waals surface area (Å²) in [6.45, 7) is -0.0572. The molecule has 0 aliphatic heterocycles. The van der Waals surface area contributed by atoms with Gasteiger partial charge in [0.2, 0.25) is 5.91 Å². The molecule has 0 spiro atoms. The van der Waals surface area contributed by atoms with Crippen molar-refractivity contribution in [2.24, 2.45) is 0 Å². The van der Waals surface area contributed by atoms with Gasteiger partial charge in [-0.3, -0.25) is 9.63 Å². The molecular formula is C5H11N3O2S. The van der Waals surface area contributed by atoms with Gasteiger partial charge in [0.05, 0.1) is 0 Å². The molecule has 5 nitrogen and oxygen atoms in total. The Morgan fingerprint density at radius 3 is 2.55 bits per heavy atom. The summed E-state index contributed by atoms with van der Waals surface area (Å²) in [6.07, 6.45) is 0. The number of likely N-dealkylation sites (N-methyl/N-ethyl adjacent to an activating group) is 1. The van der Waals surface area contributed by atoms with E-state index in [-0.39, 0.29) is 12.5 Å². The van der Waals surface area contributed by atoms with Crippen LogP contribution in [0.1, 0.15) is 0 Å². The fourth-order valence-electron chi connectivity index (χ4n) is 0.290. The average molecular weight is 177 g/mol. The number of nitrogens with one attached hydrogen (secondary N) is 3. The minimum atomic E-state index is -0.212. The highest BCUT2D eigenvalue weighted by Crippen LogP contribution is 1.69. The van der Waals surface area contributed by atoms with E-state index >= 15 is 0 Å². The third-order valence-electron chi connectivity index (χ3n) is 0.874. The maximum Gasteiger partial charge on any atom is 0.248 e. The van der Waals surface area contributed by atoms with Gasteiger partial charge < -0.3 is 10.6 Å². The van der Waals surface area contributed by atoms with Crippen LogP contribution in [0.5, 0.6) is 0 Å². The van der Waals surface area contributed by atoms with E-state index in [2.05, 4.69) is 33.2 Å². The lowest BCUT2D eigenvalue weighted by atomic mass is 10.7. The number of thiocarbonyl (C=S) groups is 1. The van der Waals surface area contributed by atoms with Crippen molar-refractivity contribution in [1.29, 1.82) is 0 Å². The van der Waals surface area contributed by atoms with Gasteiger partial charge in [0.25, 0.3) is 0 Å². The van der Waals surface area contributed by atoms with E-state index in [1.165, 1.54) is 7.05 Å². The number of hydrogen-bond acceptors (Lipinski definition) is 3. The molecule has 0 saturated heterocycles. The minimum absolute atomic E-state index is 0.0572. The number of amides is 1. The molecule has 0 rings (SSSR count). The summed E-state index contributed by atoms with van der Waals surface area (Å²) >= 11 is 4.66. The molecule has 0 saturated carbocycles. The average Bonchev–Trinajstić information content (AvgIpc) is 2.04. The lowest BCUT2D eigenvalue weighted by Gasteiger charge is -2.05. The van der Waals surface area contributed by atoms with Gasteiger partial charge >= 0.3 is 0 Å². The summed E-state index contributed by atoms with van der Waals surface area (Å²) in [5, 5.41) is 5.35. The van der Waals surface area contributed by atoms with Gasteiger partial charge in [0.1, 0.15) is 0 Å². The Balaban J connectivity index is 3.27. The maximum absolute atomic E-state index is 10.5. The van der Waals surface area contributed by atoms with Crippen LogP contribution in [0.25, 0.3) is 0 Å². The third kappa shape index (κ3) is 5.56. The molecule has 0 aliphatic rings. The molecular weight excluding hydrogens is 166 g/mol. The van der Waals surface area contributed by atoms with Crippen LogP contribution < -0.4 is 16.1 Å². The number of rotatable bonds is 3. The van der Waals surface area contributed by atoms with Crippen LogP contribution >= 0.6 is 12.2 Å². The smallest absolute Gasteiger partial charge is 0.248 e. The van der Waals surface area contributed by atoms with Crippen LogP contribution in [0.4, 0.5) is 0 Å². The first kappa shape index (κ1) is 10.1. The predicted octanol–water partition coefficient (Wildman–Crippen LogP) is -1.24. The summed E-state index contributed by atoms with van der Waals surface area (Å²) in [4.78, 5) is 15.2. The summed E-state index contributed by atoms with van der Waals surface area (Å²) < 4.78 is 0. The second kappa shape index (κ2) is 5.87. The molecule has 0 aromatic rings. The topological polar surface area (TPSA) is 62.4 Å². The Labute approximate surface area is 70.4 Å². The van der Waals surface area contributed by atoms with Crippen molar-refractivity contribution < 1.29 is 9.63 Å². The Bertz CT molecular complexity index is 135. The van der Waals surface area contributed by atoms with E-state index < -0.39 is 0 Å². The van der Waals surface area contributed by atoms with Crippen LogP contribution in [0.3, 0.4) is 0 Å². The molecule has 6 heteroatoms. The van der Waals surface area contributed by atoms with Crippen LogP contribution in [-0.2, 0) is 9.63 Å². The number of hydroxylamine groups is 1. The summed E-state index contributed by atoms with van der Waals surface area (Å²) in [5.41, 5.74) is 2.36. The Morgan fingerprint density at radius 1 is 1.45 bits per heavy atom. The lowest BCUT2D eigenvalue weighted by Crippen LogP contribution is -2.35. The Kier molecular flexibility index (Phi) is 5.40. The summed E-state index contributed by atoms with van der Waals surface area (Å²) in [6, 6.07) is 0. The molecule has 1 amide bonds. The van der Waals surface area contributed by atoms with Crippen molar-refractivity contribution in [3.05, 3.63) is 0 Å². The molecule has 0 radical (unpaired) electrons. The van der Waals surface area contributed by atoms with Crippen LogP contribution in [-0.4, -0.2) is 31.7 Å². The number of carbonyl (C=O) groups excluding carboxylic acids is 1. The Morgan fingerprint density at radius 2 is 2.09 bits per heavy atom. The highest BCUT2D eigenvalue weighted by atomic mass is 32.1. The minimum Gasteiger partial charge on any atom is -0.364 e. The highest BCUT2D eigenvalue weighted by molar-refractivity contribution is 7.80. The molecule has 0 heterocycles. The fraction of sp³-hybridized carbons (Fsp3) is 0.600.